The third-order valence-electron chi connectivity index (χ3n) is 2.79. The summed E-state index contributed by atoms with van der Waals surface area (Å²) in [7, 11) is 0. The van der Waals surface area contributed by atoms with Crippen molar-refractivity contribution in [3.05, 3.63) is 46.9 Å². The van der Waals surface area contributed by atoms with E-state index in [0.717, 1.165) is 10.7 Å². The maximum Gasteiger partial charge on any atom is 0.263 e. The number of aliphatic hydroxyl groups excluding tert-OH is 1. The summed E-state index contributed by atoms with van der Waals surface area (Å²) in [5.41, 5.74) is 1.15. The molecule has 0 fully saturated rings. The van der Waals surface area contributed by atoms with E-state index in [9.17, 15) is 13.9 Å². The van der Waals surface area contributed by atoms with Gasteiger partial charge in [-0.25, -0.2) is 13.8 Å². The molecule has 0 saturated heterocycles. The van der Waals surface area contributed by atoms with Gasteiger partial charge in [0.25, 0.3) is 6.43 Å². The Bertz CT molecular complexity index is 572. The molecule has 6 heteroatoms. The van der Waals surface area contributed by atoms with Crippen LogP contribution in [0.25, 0.3) is 0 Å². The fourth-order valence-electron chi connectivity index (χ4n) is 1.82. The molecule has 0 spiro atoms. The molecular formula is C13H14F2N2OS. The number of rotatable bonds is 4. The van der Waals surface area contributed by atoms with Crippen LogP contribution in [-0.4, -0.2) is 21.3 Å². The highest BCUT2D eigenvalue weighted by Crippen LogP contribution is 2.27. The van der Waals surface area contributed by atoms with Gasteiger partial charge in [-0.3, -0.25) is 0 Å². The number of benzene rings is 1. The maximum atomic E-state index is 12.6. The summed E-state index contributed by atoms with van der Waals surface area (Å²) in [6.07, 6.45) is -1.69. The molecule has 0 bridgehead atoms. The highest BCUT2D eigenvalue weighted by atomic mass is 32.2. The quantitative estimate of drug-likeness (QED) is 0.845. The summed E-state index contributed by atoms with van der Waals surface area (Å²) in [6, 6.07) is 5.74. The molecule has 1 atom stereocenters. The molecule has 0 radical (unpaired) electrons. The average Bonchev–Trinajstić information content (AvgIpc) is 2.79. The maximum absolute atomic E-state index is 12.6. The van der Waals surface area contributed by atoms with E-state index in [0.29, 0.717) is 11.4 Å². The highest BCUT2D eigenvalue weighted by Gasteiger charge is 2.18. The number of halogens is 2. The second kappa shape index (κ2) is 5.71. The normalized spacial score (nSPS) is 12.9. The molecular weight excluding hydrogens is 270 g/mol. The zero-order valence-corrected chi connectivity index (χ0v) is 11.3. The number of aromatic nitrogens is 2. The van der Waals surface area contributed by atoms with Crippen molar-refractivity contribution >= 4 is 11.8 Å². The number of nitrogens with zero attached hydrogens (tertiary/aromatic N) is 1. The second-order valence-electron chi connectivity index (χ2n) is 4.13. The first-order valence-corrected chi connectivity index (χ1v) is 6.92. The van der Waals surface area contributed by atoms with Gasteiger partial charge in [-0.2, -0.15) is 0 Å². The lowest BCUT2D eigenvalue weighted by Gasteiger charge is -2.09. The molecule has 2 N–H and O–H groups in total. The predicted octanol–water partition coefficient (Wildman–Crippen LogP) is 3.46. The lowest BCUT2D eigenvalue weighted by Crippen LogP contribution is -2.03. The van der Waals surface area contributed by atoms with Crippen molar-refractivity contribution in [1.82, 2.24) is 9.97 Å². The number of aliphatic hydroxyl groups is 1. The molecule has 0 aliphatic rings. The van der Waals surface area contributed by atoms with Crippen LogP contribution in [0.15, 0.2) is 29.3 Å². The standard InChI is InChI=1S/C13H14F2N2OS/c1-7-13(19-2)17-12(16-7)10(18)8-4-3-5-9(6-8)11(14)15/h3-6,10-11,18H,1-2H3,(H,16,17). The third kappa shape index (κ3) is 2.96. The summed E-state index contributed by atoms with van der Waals surface area (Å²) in [5, 5.41) is 11.0. The molecule has 1 aromatic heterocycles. The Morgan fingerprint density at radius 1 is 1.32 bits per heavy atom. The molecule has 0 saturated carbocycles. The lowest BCUT2D eigenvalue weighted by molar-refractivity contribution is 0.150. The van der Waals surface area contributed by atoms with E-state index in [-0.39, 0.29) is 5.56 Å². The smallest absolute Gasteiger partial charge is 0.263 e. The predicted molar refractivity (Wildman–Crippen MR) is 70.6 cm³/mol. The molecule has 3 nitrogen and oxygen atoms in total. The van der Waals surface area contributed by atoms with Crippen LogP contribution < -0.4 is 0 Å². The van der Waals surface area contributed by atoms with Crippen LogP contribution in [0.2, 0.25) is 0 Å². The number of hydrogen-bond donors (Lipinski definition) is 2. The topological polar surface area (TPSA) is 48.9 Å². The van der Waals surface area contributed by atoms with Crippen LogP contribution in [0, 0.1) is 6.92 Å². The molecule has 1 unspecified atom stereocenters. The van der Waals surface area contributed by atoms with Gasteiger partial charge in [0.1, 0.15) is 17.0 Å². The van der Waals surface area contributed by atoms with E-state index in [2.05, 4.69) is 9.97 Å². The Morgan fingerprint density at radius 2 is 2.00 bits per heavy atom. The van der Waals surface area contributed by atoms with Gasteiger partial charge < -0.3 is 10.1 Å². The number of hydrogen-bond acceptors (Lipinski definition) is 3. The molecule has 0 amide bonds. The molecule has 2 rings (SSSR count). The summed E-state index contributed by atoms with van der Waals surface area (Å²) >= 11 is 1.46. The number of aryl methyl sites for hydroxylation is 1. The van der Waals surface area contributed by atoms with Crippen molar-refractivity contribution < 1.29 is 13.9 Å². The van der Waals surface area contributed by atoms with Crippen molar-refractivity contribution in [2.24, 2.45) is 0 Å². The number of alkyl halides is 2. The molecule has 2 aromatic rings. The number of thioether (sulfide) groups is 1. The summed E-state index contributed by atoms with van der Waals surface area (Å²) < 4.78 is 25.3. The number of nitrogens with one attached hydrogen (secondary N) is 1. The van der Waals surface area contributed by atoms with Crippen LogP contribution in [-0.2, 0) is 0 Å². The van der Waals surface area contributed by atoms with E-state index in [1.54, 1.807) is 6.07 Å². The SMILES string of the molecule is CSc1nc(C(O)c2cccc(C(F)F)c2)[nH]c1C. The fourth-order valence-corrected chi connectivity index (χ4v) is 2.36. The number of imidazole rings is 1. The summed E-state index contributed by atoms with van der Waals surface area (Å²) in [4.78, 5) is 7.22. The van der Waals surface area contributed by atoms with Gasteiger partial charge in [0.2, 0.25) is 0 Å². The van der Waals surface area contributed by atoms with Crippen LogP contribution in [0.1, 0.15) is 35.2 Å². The largest absolute Gasteiger partial charge is 0.380 e. The van der Waals surface area contributed by atoms with Crippen molar-refractivity contribution in [2.75, 3.05) is 6.26 Å². The van der Waals surface area contributed by atoms with E-state index in [1.165, 1.54) is 30.0 Å². The van der Waals surface area contributed by atoms with E-state index >= 15 is 0 Å². The second-order valence-corrected chi connectivity index (χ2v) is 4.92. The molecule has 0 aliphatic carbocycles. The average molecular weight is 284 g/mol. The van der Waals surface area contributed by atoms with E-state index < -0.39 is 12.5 Å². The van der Waals surface area contributed by atoms with E-state index in [4.69, 9.17) is 0 Å². The minimum Gasteiger partial charge on any atom is -0.380 e. The Hall–Kier alpha value is -1.40. The van der Waals surface area contributed by atoms with Crippen LogP contribution in [0.4, 0.5) is 8.78 Å². The lowest BCUT2D eigenvalue weighted by atomic mass is 10.1. The van der Waals surface area contributed by atoms with Crippen molar-refractivity contribution in [3.8, 4) is 0 Å². The summed E-state index contributed by atoms with van der Waals surface area (Å²) in [6.45, 7) is 1.85. The molecule has 19 heavy (non-hydrogen) atoms. The molecule has 102 valence electrons. The van der Waals surface area contributed by atoms with Gasteiger partial charge >= 0.3 is 0 Å². The first kappa shape index (κ1) is 14.0. The first-order valence-electron chi connectivity index (χ1n) is 5.69. The zero-order chi connectivity index (χ0) is 14.0. The number of aromatic amines is 1. The Labute approximate surface area is 114 Å². The van der Waals surface area contributed by atoms with Gasteiger partial charge in [-0.1, -0.05) is 18.2 Å². The van der Waals surface area contributed by atoms with Crippen LogP contribution in [0.5, 0.6) is 0 Å². The fraction of sp³-hybridized carbons (Fsp3) is 0.308. The Balaban J connectivity index is 2.32. The minimum atomic E-state index is -2.55. The highest BCUT2D eigenvalue weighted by molar-refractivity contribution is 7.98. The van der Waals surface area contributed by atoms with Crippen molar-refractivity contribution in [3.63, 3.8) is 0 Å². The van der Waals surface area contributed by atoms with Crippen LogP contribution in [0.3, 0.4) is 0 Å². The molecule has 1 heterocycles. The summed E-state index contributed by atoms with van der Waals surface area (Å²) in [5.74, 6) is 0.369. The van der Waals surface area contributed by atoms with Crippen molar-refractivity contribution in [1.29, 1.82) is 0 Å². The first-order chi connectivity index (χ1) is 9.02. The minimum absolute atomic E-state index is 0.107. The molecule has 1 aromatic carbocycles. The van der Waals surface area contributed by atoms with Gasteiger partial charge in [0.15, 0.2) is 0 Å². The monoisotopic (exact) mass is 284 g/mol. The zero-order valence-electron chi connectivity index (χ0n) is 10.5. The third-order valence-corrected chi connectivity index (χ3v) is 3.57. The van der Waals surface area contributed by atoms with Gasteiger partial charge in [0.05, 0.1) is 0 Å². The van der Waals surface area contributed by atoms with Gasteiger partial charge in [0, 0.05) is 11.3 Å². The molecule has 0 aliphatic heterocycles. The van der Waals surface area contributed by atoms with E-state index in [1.807, 2.05) is 13.2 Å². The van der Waals surface area contributed by atoms with Crippen LogP contribution >= 0.6 is 11.8 Å². The number of H-pyrrole nitrogens is 1. The Kier molecular flexibility index (Phi) is 4.21. The van der Waals surface area contributed by atoms with Gasteiger partial charge in [-0.15, -0.1) is 11.8 Å². The van der Waals surface area contributed by atoms with Crippen molar-refractivity contribution in [2.45, 2.75) is 24.5 Å². The Morgan fingerprint density at radius 3 is 2.58 bits per heavy atom. The van der Waals surface area contributed by atoms with Gasteiger partial charge in [-0.05, 0) is 24.8 Å².